The third kappa shape index (κ3) is 3.48. The van der Waals surface area contributed by atoms with Gasteiger partial charge in [0, 0.05) is 6.07 Å². The summed E-state index contributed by atoms with van der Waals surface area (Å²) in [6.45, 7) is 0. The molecule has 0 fully saturated rings. The smallest absolute Gasteiger partial charge is 1.00 e. The molecular weight excluding hydrogens is 305 g/mol. The van der Waals surface area contributed by atoms with Crippen LogP contribution in [0.4, 0.5) is 0 Å². The normalized spacial score (nSPS) is 10.4. The minimum Gasteiger partial charge on any atom is -1.00 e. The fraction of sp³-hybridized carbons (Fsp3) is 0. The van der Waals surface area contributed by atoms with Gasteiger partial charge in [-0.3, -0.25) is 4.55 Å². The molecule has 0 unspecified atom stereocenters. The number of phenolic OH excluding ortho intramolecular Hbond substituents is 1. The van der Waals surface area contributed by atoms with Crippen LogP contribution < -0.4 is 0 Å². The maximum absolute atomic E-state index is 10.4. The van der Waals surface area contributed by atoms with Crippen molar-refractivity contribution < 1.29 is 20.9 Å². The first-order valence-electron chi connectivity index (χ1n) is 2.77. The number of rotatable bonds is 1. The number of phenols is 1. The van der Waals surface area contributed by atoms with Crippen LogP contribution in [0.25, 0.3) is 0 Å². The third-order valence-electron chi connectivity index (χ3n) is 1.12. The van der Waals surface area contributed by atoms with Crippen LogP contribution in [0.1, 0.15) is 2.85 Å². The van der Waals surface area contributed by atoms with Gasteiger partial charge in [0.1, 0.15) is 5.75 Å². The quantitative estimate of drug-likeness (QED) is 0.584. The van der Waals surface area contributed by atoms with Gasteiger partial charge in [0.05, 0.1) is 4.90 Å². The molecule has 0 bridgehead atoms. The summed E-state index contributed by atoms with van der Waals surface area (Å²) in [7, 11) is -4.19. The molecule has 0 aliphatic rings. The second-order valence-electron chi connectivity index (χ2n) is 1.97. The molecule has 4 nitrogen and oxygen atoms in total. The van der Waals surface area contributed by atoms with E-state index in [1.54, 1.807) is 0 Å². The van der Waals surface area contributed by atoms with E-state index in [0.29, 0.717) is 0 Å². The van der Waals surface area contributed by atoms with Crippen molar-refractivity contribution in [3.05, 3.63) is 24.3 Å². The van der Waals surface area contributed by atoms with Gasteiger partial charge in [0.2, 0.25) is 0 Å². The molecule has 64 valence electrons. The van der Waals surface area contributed by atoms with Crippen molar-refractivity contribution in [2.75, 3.05) is 0 Å². The van der Waals surface area contributed by atoms with Gasteiger partial charge in [0.25, 0.3) is 10.1 Å². The van der Waals surface area contributed by atoms with E-state index in [9.17, 15) is 8.42 Å². The van der Waals surface area contributed by atoms with Gasteiger partial charge in [-0.2, -0.15) is 8.42 Å². The number of aromatic hydroxyl groups is 1. The Morgan fingerprint density at radius 1 is 1.33 bits per heavy atom. The first-order valence-corrected chi connectivity index (χ1v) is 4.21. The molecule has 0 amide bonds. The zero-order valence-electron chi connectivity index (χ0n) is 8.14. The molecule has 1 aromatic rings. The summed E-state index contributed by atoms with van der Waals surface area (Å²) in [6.07, 6.45) is 0. The van der Waals surface area contributed by atoms with Gasteiger partial charge in [-0.05, 0) is 12.1 Å². The predicted molar refractivity (Wildman–Crippen MR) is 45.9 cm³/mol. The fourth-order valence-corrected chi connectivity index (χ4v) is 1.16. The second kappa shape index (κ2) is 4.66. The summed E-state index contributed by atoms with van der Waals surface area (Å²) in [5.74, 6) is -0.194. The van der Waals surface area contributed by atoms with Crippen molar-refractivity contribution in [1.29, 1.82) is 0 Å². The van der Waals surface area contributed by atoms with Gasteiger partial charge in [-0.25, -0.2) is 0 Å². The molecule has 0 aromatic heterocycles. The summed E-state index contributed by atoms with van der Waals surface area (Å²) >= 11 is 0. The first kappa shape index (κ1) is 12.5. The van der Waals surface area contributed by atoms with Crippen LogP contribution >= 0.6 is 0 Å². The van der Waals surface area contributed by atoms with Gasteiger partial charge in [-0.15, -0.1) is 0 Å². The third-order valence-corrected chi connectivity index (χ3v) is 1.97. The van der Waals surface area contributed by atoms with E-state index in [4.69, 9.17) is 9.66 Å². The van der Waals surface area contributed by atoms with Crippen LogP contribution in [-0.2, 0) is 10.1 Å². The molecule has 0 atom stereocenters. The zero-order valence-corrected chi connectivity index (χ0v) is 11.4. The molecule has 2 N–H and O–H groups in total. The van der Waals surface area contributed by atoms with E-state index >= 15 is 0 Å². The molecule has 0 heterocycles. The van der Waals surface area contributed by atoms with Crippen LogP contribution in [0.2, 0.25) is 0 Å². The maximum atomic E-state index is 10.4. The molecule has 1 rings (SSSR count). The van der Waals surface area contributed by atoms with Crippen molar-refractivity contribution in [2.45, 2.75) is 4.90 Å². The first-order chi connectivity index (χ1) is 5.00. The fourth-order valence-electron chi connectivity index (χ4n) is 0.644. The number of benzene rings is 1. The average molecular weight is 314 g/mol. The Balaban J connectivity index is -0.000000403. The van der Waals surface area contributed by atoms with Crippen molar-refractivity contribution in [3.8, 4) is 5.75 Å². The molecule has 0 radical (unpaired) electrons. The Hall–Kier alpha value is 0.501. The van der Waals surface area contributed by atoms with Gasteiger partial charge < -0.3 is 7.96 Å². The maximum Gasteiger partial charge on any atom is 2.00 e. The summed E-state index contributed by atoms with van der Waals surface area (Å²) in [5, 5.41) is 8.80. The van der Waals surface area contributed by atoms with E-state index in [2.05, 4.69) is 0 Å². The molecular formula is C6H8BaO4S. The Morgan fingerprint density at radius 3 is 2.25 bits per heavy atom. The molecule has 0 aliphatic carbocycles. The molecule has 12 heavy (non-hydrogen) atoms. The minimum atomic E-state index is -4.19. The Labute approximate surface area is 113 Å². The van der Waals surface area contributed by atoms with E-state index in [-0.39, 0.29) is 62.4 Å². The van der Waals surface area contributed by atoms with Crippen molar-refractivity contribution in [2.24, 2.45) is 0 Å². The molecule has 0 aliphatic heterocycles. The molecule has 6 heteroatoms. The predicted octanol–water partition coefficient (Wildman–Crippen LogP) is 0.483. The van der Waals surface area contributed by atoms with E-state index < -0.39 is 10.1 Å². The second-order valence-corrected chi connectivity index (χ2v) is 3.39. The van der Waals surface area contributed by atoms with Crippen molar-refractivity contribution >= 4 is 59.0 Å². The molecule has 1 aromatic carbocycles. The van der Waals surface area contributed by atoms with Crippen molar-refractivity contribution in [3.63, 3.8) is 0 Å². The summed E-state index contributed by atoms with van der Waals surface area (Å²) < 4.78 is 29.3. The van der Waals surface area contributed by atoms with Gasteiger partial charge >= 0.3 is 48.9 Å². The van der Waals surface area contributed by atoms with E-state index in [1.165, 1.54) is 18.2 Å². The number of hydrogen-bond acceptors (Lipinski definition) is 3. The van der Waals surface area contributed by atoms with Crippen LogP contribution in [-0.4, -0.2) is 67.0 Å². The minimum absolute atomic E-state index is 0. The van der Waals surface area contributed by atoms with Gasteiger partial charge in [-0.1, -0.05) is 6.07 Å². The average Bonchev–Trinajstić information content (AvgIpc) is 1.86. The van der Waals surface area contributed by atoms with E-state index in [1.807, 2.05) is 0 Å². The van der Waals surface area contributed by atoms with Gasteiger partial charge in [0.15, 0.2) is 0 Å². The Kier molecular flexibility index (Phi) is 4.85. The topological polar surface area (TPSA) is 74.6 Å². The zero-order chi connectivity index (χ0) is 8.48. The Bertz CT molecular complexity index is 368. The van der Waals surface area contributed by atoms with E-state index in [0.717, 1.165) is 6.07 Å². The van der Waals surface area contributed by atoms with Crippen molar-refractivity contribution in [1.82, 2.24) is 0 Å². The van der Waals surface area contributed by atoms with Crippen LogP contribution in [0.5, 0.6) is 5.75 Å². The van der Waals surface area contributed by atoms with Crippen LogP contribution in [0.15, 0.2) is 29.2 Å². The molecule has 0 saturated heterocycles. The van der Waals surface area contributed by atoms with Crippen LogP contribution in [0, 0.1) is 0 Å². The van der Waals surface area contributed by atoms with Crippen LogP contribution in [0.3, 0.4) is 0 Å². The summed E-state index contributed by atoms with van der Waals surface area (Å²) in [5.41, 5.74) is 0. The SMILES string of the molecule is O=S(=O)(O)c1cccc(O)c1.[Ba+2].[H-].[H-]. The summed E-state index contributed by atoms with van der Waals surface area (Å²) in [6, 6.07) is 4.80. The standard InChI is InChI=1S/C6H6O4S.Ba.2H/c7-5-2-1-3-6(4-5)11(8,9)10;;;/h1-4,7H,(H,8,9,10);;;/q;+2;2*-1. The Morgan fingerprint density at radius 2 is 1.92 bits per heavy atom. The molecule has 0 spiro atoms. The molecule has 0 saturated carbocycles. The number of hydrogen-bond donors (Lipinski definition) is 2. The summed E-state index contributed by atoms with van der Waals surface area (Å²) in [4.78, 5) is -0.308. The monoisotopic (exact) mass is 314 g/mol. The largest absolute Gasteiger partial charge is 2.00 e.